The zero-order valence-corrected chi connectivity index (χ0v) is 10.5. The van der Waals surface area contributed by atoms with E-state index in [0.717, 1.165) is 12.8 Å². The molecular formula is C12H20N2O4. The van der Waals surface area contributed by atoms with Crippen LogP contribution in [0.25, 0.3) is 0 Å². The summed E-state index contributed by atoms with van der Waals surface area (Å²) in [4.78, 5) is 24.2. The van der Waals surface area contributed by atoms with Gasteiger partial charge in [0.25, 0.3) is 0 Å². The molecule has 3 N–H and O–H groups in total. The van der Waals surface area contributed by atoms with Crippen LogP contribution in [0.5, 0.6) is 0 Å². The number of piperidine rings is 1. The second kappa shape index (κ2) is 5.14. The van der Waals surface area contributed by atoms with Crippen LogP contribution in [0.15, 0.2) is 0 Å². The molecule has 2 aliphatic rings. The Labute approximate surface area is 106 Å². The first kappa shape index (κ1) is 13.1. The third-order valence-corrected chi connectivity index (χ3v) is 3.80. The lowest BCUT2D eigenvalue weighted by Gasteiger charge is -2.37. The minimum Gasteiger partial charge on any atom is -0.465 e. The molecule has 102 valence electrons. The van der Waals surface area contributed by atoms with Gasteiger partial charge in [-0.15, -0.1) is 0 Å². The fourth-order valence-corrected chi connectivity index (χ4v) is 3.16. The zero-order valence-electron chi connectivity index (χ0n) is 10.5. The van der Waals surface area contributed by atoms with E-state index in [4.69, 9.17) is 10.2 Å². The number of rotatable bonds is 3. The Morgan fingerprint density at radius 3 is 2.33 bits per heavy atom. The molecular weight excluding hydrogens is 236 g/mol. The number of hydrogen-bond donors (Lipinski definition) is 3. The van der Waals surface area contributed by atoms with Crippen LogP contribution in [0.3, 0.4) is 0 Å². The van der Waals surface area contributed by atoms with Gasteiger partial charge in [-0.1, -0.05) is 0 Å². The fraction of sp³-hybridized carbons (Fsp3) is 0.833. The quantitative estimate of drug-likeness (QED) is 0.687. The molecule has 0 aliphatic carbocycles. The number of amides is 2. The first-order valence-electron chi connectivity index (χ1n) is 6.46. The van der Waals surface area contributed by atoms with Crippen LogP contribution in [0, 0.1) is 0 Å². The minimum absolute atomic E-state index is 0.0399. The molecule has 6 nitrogen and oxygen atoms in total. The Balaban J connectivity index is 1.89. The monoisotopic (exact) mass is 256 g/mol. The standard InChI is InChI=1S/C12H20N2O4/c1-7(15)4-11(16)13-8-5-9-2-3-10(6-8)14(9)12(17)18/h7-10,15H,2-6H2,1H3,(H,13,16)(H,17,18)/t7?,8?,9-,10+. The third kappa shape index (κ3) is 2.75. The molecule has 0 radical (unpaired) electrons. The Morgan fingerprint density at radius 2 is 1.89 bits per heavy atom. The van der Waals surface area contributed by atoms with Crippen molar-refractivity contribution in [2.75, 3.05) is 0 Å². The summed E-state index contributed by atoms with van der Waals surface area (Å²) >= 11 is 0. The van der Waals surface area contributed by atoms with Gasteiger partial charge in [-0.25, -0.2) is 4.79 Å². The lowest BCUT2D eigenvalue weighted by molar-refractivity contribution is -0.123. The van der Waals surface area contributed by atoms with E-state index in [2.05, 4.69) is 5.32 Å². The van der Waals surface area contributed by atoms with E-state index in [1.807, 2.05) is 0 Å². The van der Waals surface area contributed by atoms with E-state index in [9.17, 15) is 9.59 Å². The van der Waals surface area contributed by atoms with Crippen LogP contribution in [0.2, 0.25) is 0 Å². The van der Waals surface area contributed by atoms with E-state index in [0.29, 0.717) is 12.8 Å². The average molecular weight is 256 g/mol. The maximum Gasteiger partial charge on any atom is 0.407 e. The van der Waals surface area contributed by atoms with E-state index >= 15 is 0 Å². The number of nitrogens with one attached hydrogen (secondary N) is 1. The summed E-state index contributed by atoms with van der Waals surface area (Å²) in [5, 5.41) is 21.1. The van der Waals surface area contributed by atoms with E-state index < -0.39 is 12.2 Å². The summed E-state index contributed by atoms with van der Waals surface area (Å²) in [7, 11) is 0. The topological polar surface area (TPSA) is 89.9 Å². The van der Waals surface area contributed by atoms with E-state index in [1.54, 1.807) is 6.92 Å². The van der Waals surface area contributed by atoms with Crippen molar-refractivity contribution in [2.24, 2.45) is 0 Å². The third-order valence-electron chi connectivity index (χ3n) is 3.80. The van der Waals surface area contributed by atoms with Crippen molar-refractivity contribution in [3.8, 4) is 0 Å². The van der Waals surface area contributed by atoms with Crippen molar-refractivity contribution in [3.05, 3.63) is 0 Å². The molecule has 2 rings (SSSR count). The summed E-state index contributed by atoms with van der Waals surface area (Å²) in [6.45, 7) is 1.58. The summed E-state index contributed by atoms with van der Waals surface area (Å²) in [6, 6.07) is 0.126. The highest BCUT2D eigenvalue weighted by Gasteiger charge is 2.43. The molecule has 0 spiro atoms. The van der Waals surface area contributed by atoms with Gasteiger partial charge in [-0.2, -0.15) is 0 Å². The van der Waals surface area contributed by atoms with E-state index in [-0.39, 0.29) is 30.5 Å². The van der Waals surface area contributed by atoms with Gasteiger partial charge in [0, 0.05) is 18.1 Å². The van der Waals surface area contributed by atoms with Crippen LogP contribution >= 0.6 is 0 Å². The maximum atomic E-state index is 11.6. The van der Waals surface area contributed by atoms with Gasteiger partial charge in [-0.3, -0.25) is 4.79 Å². The smallest absolute Gasteiger partial charge is 0.407 e. The minimum atomic E-state index is -0.851. The number of carbonyl (C=O) groups excluding carboxylic acids is 1. The van der Waals surface area contributed by atoms with Crippen LogP contribution in [-0.4, -0.2) is 51.3 Å². The Morgan fingerprint density at radius 1 is 1.33 bits per heavy atom. The van der Waals surface area contributed by atoms with Crippen molar-refractivity contribution >= 4 is 12.0 Å². The molecule has 0 aromatic heterocycles. The summed E-state index contributed by atoms with van der Waals surface area (Å²) < 4.78 is 0. The van der Waals surface area contributed by atoms with Gasteiger partial charge in [0.2, 0.25) is 5.91 Å². The molecule has 4 atom stereocenters. The Bertz CT molecular complexity index is 331. The molecule has 0 saturated carbocycles. The normalized spacial score (nSPS) is 32.1. The first-order valence-corrected chi connectivity index (χ1v) is 6.46. The highest BCUT2D eigenvalue weighted by molar-refractivity contribution is 5.76. The highest BCUT2D eigenvalue weighted by atomic mass is 16.4. The van der Waals surface area contributed by atoms with Crippen LogP contribution in [0.4, 0.5) is 4.79 Å². The van der Waals surface area contributed by atoms with Gasteiger partial charge in [0.15, 0.2) is 0 Å². The first-order chi connectivity index (χ1) is 8.47. The summed E-state index contributed by atoms with van der Waals surface area (Å²) in [5.41, 5.74) is 0. The molecule has 2 fully saturated rings. The lowest BCUT2D eigenvalue weighted by atomic mass is 9.97. The van der Waals surface area contributed by atoms with Gasteiger partial charge < -0.3 is 20.4 Å². The second-order valence-corrected chi connectivity index (χ2v) is 5.36. The Hall–Kier alpha value is -1.30. The van der Waals surface area contributed by atoms with Crippen molar-refractivity contribution in [2.45, 2.75) is 63.3 Å². The average Bonchev–Trinajstić information content (AvgIpc) is 2.50. The van der Waals surface area contributed by atoms with Gasteiger partial charge in [-0.05, 0) is 32.6 Å². The predicted octanol–water partition coefficient (Wildman–Crippen LogP) is 0.547. The number of fused-ring (bicyclic) bond motifs is 2. The van der Waals surface area contributed by atoms with Crippen molar-refractivity contribution in [1.29, 1.82) is 0 Å². The summed E-state index contributed by atoms with van der Waals surface area (Å²) in [6.07, 6.45) is 1.77. The van der Waals surface area contributed by atoms with Gasteiger partial charge >= 0.3 is 6.09 Å². The molecule has 2 saturated heterocycles. The van der Waals surface area contributed by atoms with Crippen LogP contribution < -0.4 is 5.32 Å². The molecule has 0 aromatic rings. The largest absolute Gasteiger partial charge is 0.465 e. The predicted molar refractivity (Wildman–Crippen MR) is 64.1 cm³/mol. The van der Waals surface area contributed by atoms with Crippen LogP contribution in [-0.2, 0) is 4.79 Å². The molecule has 6 heteroatoms. The number of hydrogen-bond acceptors (Lipinski definition) is 3. The number of carbonyl (C=O) groups is 2. The molecule has 18 heavy (non-hydrogen) atoms. The molecule has 2 unspecified atom stereocenters. The molecule has 2 aliphatic heterocycles. The van der Waals surface area contributed by atoms with Gasteiger partial charge in [0.05, 0.1) is 12.5 Å². The Kier molecular flexibility index (Phi) is 3.75. The lowest BCUT2D eigenvalue weighted by Crippen LogP contribution is -2.52. The highest BCUT2D eigenvalue weighted by Crippen LogP contribution is 2.35. The van der Waals surface area contributed by atoms with Crippen molar-refractivity contribution in [1.82, 2.24) is 10.2 Å². The zero-order chi connectivity index (χ0) is 13.3. The van der Waals surface area contributed by atoms with E-state index in [1.165, 1.54) is 4.90 Å². The molecule has 2 heterocycles. The summed E-state index contributed by atoms with van der Waals surface area (Å²) in [5.74, 6) is -0.154. The van der Waals surface area contributed by atoms with Crippen molar-refractivity contribution in [3.63, 3.8) is 0 Å². The maximum absolute atomic E-state index is 11.6. The van der Waals surface area contributed by atoms with Gasteiger partial charge in [0.1, 0.15) is 0 Å². The molecule has 2 amide bonds. The van der Waals surface area contributed by atoms with Crippen molar-refractivity contribution < 1.29 is 19.8 Å². The number of nitrogens with zero attached hydrogens (tertiary/aromatic N) is 1. The molecule has 2 bridgehead atoms. The number of aliphatic hydroxyl groups excluding tert-OH is 1. The number of carboxylic acid groups (broad SMARTS) is 1. The van der Waals surface area contributed by atoms with Crippen LogP contribution in [0.1, 0.15) is 39.0 Å². The SMILES string of the molecule is CC(O)CC(=O)NC1C[C@H]2CC[C@@H](C1)N2C(=O)O. The second-order valence-electron chi connectivity index (χ2n) is 5.36. The molecule has 0 aromatic carbocycles. The number of aliphatic hydroxyl groups is 1. The fourth-order valence-electron chi connectivity index (χ4n) is 3.16.